The van der Waals surface area contributed by atoms with E-state index in [0.29, 0.717) is 40.2 Å². The number of benzene rings is 2. The number of halogens is 2. The van der Waals surface area contributed by atoms with Crippen molar-refractivity contribution in [3.8, 4) is 17.5 Å². The fourth-order valence-corrected chi connectivity index (χ4v) is 3.34. The maximum absolute atomic E-state index is 13.8. The van der Waals surface area contributed by atoms with Crippen molar-refractivity contribution in [1.82, 2.24) is 15.0 Å². The van der Waals surface area contributed by atoms with E-state index < -0.39 is 5.82 Å². The van der Waals surface area contributed by atoms with Gasteiger partial charge in [-0.1, -0.05) is 50.6 Å². The van der Waals surface area contributed by atoms with Crippen LogP contribution < -0.4 is 14.8 Å². The molecule has 6 nitrogen and oxygen atoms in total. The number of nitrogens with one attached hydrogen (secondary N) is 2. The predicted molar refractivity (Wildman–Crippen MR) is 120 cm³/mol. The van der Waals surface area contributed by atoms with Crippen molar-refractivity contribution in [2.24, 2.45) is 0 Å². The molecule has 4 rings (SSSR count). The van der Waals surface area contributed by atoms with Gasteiger partial charge in [0, 0.05) is 17.7 Å². The van der Waals surface area contributed by atoms with Crippen molar-refractivity contribution >= 4 is 34.3 Å². The highest BCUT2D eigenvalue weighted by Crippen LogP contribution is 2.37. The fraction of sp³-hybridized carbons (Fsp3) is 0.217. The van der Waals surface area contributed by atoms with Gasteiger partial charge in [-0.25, -0.2) is 9.37 Å². The van der Waals surface area contributed by atoms with Gasteiger partial charge in [-0.15, -0.1) is 0 Å². The molecule has 0 aliphatic carbocycles. The summed E-state index contributed by atoms with van der Waals surface area (Å²) in [6.45, 7) is 6.35. The number of aromatic amines is 1. The van der Waals surface area contributed by atoms with Gasteiger partial charge < -0.3 is 19.8 Å². The summed E-state index contributed by atoms with van der Waals surface area (Å²) < 4.78 is 25.3. The first kappa shape index (κ1) is 20.9. The molecule has 0 amide bonds. The molecule has 0 unspecified atom stereocenters. The first-order valence-electron chi connectivity index (χ1n) is 9.69. The Labute approximate surface area is 184 Å². The number of para-hydroxylation sites is 1. The van der Waals surface area contributed by atoms with Crippen molar-refractivity contribution in [3.63, 3.8) is 0 Å². The zero-order valence-electron chi connectivity index (χ0n) is 17.6. The Hall–Kier alpha value is -3.32. The SMILES string of the molecule is COc1ccc(Nc2nc3cc(Cl)c(F)cc3[nH]2)c(Oc2ccccc2C(C)(C)C)n1. The minimum Gasteiger partial charge on any atom is -0.481 e. The van der Waals surface area contributed by atoms with Crippen LogP contribution in [0.1, 0.15) is 26.3 Å². The fourth-order valence-electron chi connectivity index (χ4n) is 3.18. The minimum absolute atomic E-state index is 0.0134. The van der Waals surface area contributed by atoms with E-state index in [0.717, 1.165) is 5.56 Å². The van der Waals surface area contributed by atoms with Crippen LogP contribution in [0, 0.1) is 5.82 Å². The highest BCUT2D eigenvalue weighted by atomic mass is 35.5. The zero-order chi connectivity index (χ0) is 22.2. The number of nitrogens with zero attached hydrogens (tertiary/aromatic N) is 2. The number of rotatable bonds is 5. The third-order valence-electron chi connectivity index (χ3n) is 4.72. The van der Waals surface area contributed by atoms with Crippen LogP contribution >= 0.6 is 11.6 Å². The largest absolute Gasteiger partial charge is 0.481 e. The molecule has 2 aromatic heterocycles. The summed E-state index contributed by atoms with van der Waals surface area (Å²) in [4.78, 5) is 11.9. The van der Waals surface area contributed by atoms with Crippen LogP contribution in [0.25, 0.3) is 11.0 Å². The standard InChI is InChI=1S/C23H22ClFN4O2/c1-23(2,3)13-7-5-6-8-19(13)31-21-16(9-10-20(29-21)30-4)26-22-27-17-11-14(24)15(25)12-18(17)28-22/h5-12H,1-4H3,(H2,26,27,28). The van der Waals surface area contributed by atoms with Crippen LogP contribution in [0.2, 0.25) is 5.02 Å². The predicted octanol–water partition coefficient (Wildman–Crippen LogP) is 6.59. The summed E-state index contributed by atoms with van der Waals surface area (Å²) in [6.07, 6.45) is 0. The van der Waals surface area contributed by atoms with Crippen LogP contribution in [0.5, 0.6) is 17.5 Å². The normalized spacial score (nSPS) is 11.5. The van der Waals surface area contributed by atoms with E-state index in [1.165, 1.54) is 12.1 Å². The van der Waals surface area contributed by atoms with Crippen molar-refractivity contribution in [1.29, 1.82) is 0 Å². The molecule has 0 spiro atoms. The first-order valence-corrected chi connectivity index (χ1v) is 10.1. The number of anilines is 2. The average molecular weight is 441 g/mol. The third kappa shape index (κ3) is 4.41. The summed E-state index contributed by atoms with van der Waals surface area (Å²) in [6, 6.07) is 14.1. The van der Waals surface area contributed by atoms with Gasteiger partial charge in [-0.05, 0) is 23.6 Å². The van der Waals surface area contributed by atoms with Gasteiger partial charge in [0.05, 0.1) is 23.2 Å². The lowest BCUT2D eigenvalue weighted by molar-refractivity contribution is 0.381. The van der Waals surface area contributed by atoms with Crippen LogP contribution in [-0.2, 0) is 5.41 Å². The summed E-state index contributed by atoms with van der Waals surface area (Å²) in [5.41, 5.74) is 2.54. The van der Waals surface area contributed by atoms with Crippen LogP contribution in [0.4, 0.5) is 16.0 Å². The van der Waals surface area contributed by atoms with E-state index in [2.05, 4.69) is 41.0 Å². The second-order valence-corrected chi connectivity index (χ2v) is 8.46. The number of pyridine rings is 1. The molecule has 0 aliphatic rings. The van der Waals surface area contributed by atoms with Gasteiger partial charge in [0.1, 0.15) is 17.3 Å². The lowest BCUT2D eigenvalue weighted by Gasteiger charge is -2.23. The smallest absolute Gasteiger partial charge is 0.246 e. The minimum atomic E-state index is -0.515. The Bertz CT molecular complexity index is 1210. The lowest BCUT2D eigenvalue weighted by Crippen LogP contribution is -2.12. The van der Waals surface area contributed by atoms with Gasteiger partial charge in [0.15, 0.2) is 0 Å². The Morgan fingerprint density at radius 1 is 1.06 bits per heavy atom. The number of aromatic nitrogens is 3. The molecule has 0 radical (unpaired) electrons. The topological polar surface area (TPSA) is 72.1 Å². The van der Waals surface area contributed by atoms with E-state index in [1.54, 1.807) is 19.2 Å². The maximum Gasteiger partial charge on any atom is 0.246 e. The summed E-state index contributed by atoms with van der Waals surface area (Å²) in [5, 5.41) is 3.17. The van der Waals surface area contributed by atoms with Gasteiger partial charge in [-0.2, -0.15) is 4.98 Å². The summed E-state index contributed by atoms with van der Waals surface area (Å²) in [5.74, 6) is 1.31. The number of fused-ring (bicyclic) bond motifs is 1. The Morgan fingerprint density at radius 3 is 2.58 bits per heavy atom. The van der Waals surface area contributed by atoms with Gasteiger partial charge in [0.25, 0.3) is 0 Å². The van der Waals surface area contributed by atoms with Crippen molar-refractivity contribution in [2.45, 2.75) is 26.2 Å². The van der Waals surface area contributed by atoms with Crippen LogP contribution in [0.3, 0.4) is 0 Å². The molecule has 4 aromatic rings. The molecule has 0 bridgehead atoms. The van der Waals surface area contributed by atoms with Gasteiger partial charge >= 0.3 is 0 Å². The molecule has 2 N–H and O–H groups in total. The molecular weight excluding hydrogens is 419 g/mol. The molecule has 31 heavy (non-hydrogen) atoms. The molecule has 2 heterocycles. The second kappa shape index (κ2) is 8.07. The Morgan fingerprint density at radius 2 is 1.84 bits per heavy atom. The number of ether oxygens (including phenoxy) is 2. The maximum atomic E-state index is 13.8. The quantitative estimate of drug-likeness (QED) is 0.366. The molecule has 0 saturated heterocycles. The molecule has 8 heteroatoms. The Balaban J connectivity index is 1.72. The number of hydrogen-bond acceptors (Lipinski definition) is 5. The van der Waals surface area contributed by atoms with Crippen LogP contribution in [-0.4, -0.2) is 22.1 Å². The Kier molecular flexibility index (Phi) is 5.45. The lowest BCUT2D eigenvalue weighted by atomic mass is 9.86. The van der Waals surface area contributed by atoms with Crippen molar-refractivity contribution < 1.29 is 13.9 Å². The molecule has 160 valence electrons. The highest BCUT2D eigenvalue weighted by molar-refractivity contribution is 6.31. The number of methoxy groups -OCH3 is 1. The van der Waals surface area contributed by atoms with Gasteiger partial charge in [-0.3, -0.25) is 0 Å². The average Bonchev–Trinajstić information content (AvgIpc) is 3.10. The number of imidazole rings is 1. The molecule has 0 aliphatic heterocycles. The molecule has 0 saturated carbocycles. The molecule has 0 fully saturated rings. The van der Waals surface area contributed by atoms with Crippen LogP contribution in [0.15, 0.2) is 48.5 Å². The van der Waals surface area contributed by atoms with E-state index in [4.69, 9.17) is 21.1 Å². The first-order chi connectivity index (χ1) is 14.7. The van der Waals surface area contributed by atoms with E-state index in [-0.39, 0.29) is 10.4 Å². The molecule has 2 aromatic carbocycles. The molecule has 0 atom stereocenters. The van der Waals surface area contributed by atoms with E-state index in [1.807, 2.05) is 24.3 Å². The van der Waals surface area contributed by atoms with E-state index >= 15 is 0 Å². The number of H-pyrrole nitrogens is 1. The highest BCUT2D eigenvalue weighted by Gasteiger charge is 2.20. The second-order valence-electron chi connectivity index (χ2n) is 8.05. The molecular formula is C23H22ClFN4O2. The third-order valence-corrected chi connectivity index (χ3v) is 5.01. The van der Waals surface area contributed by atoms with E-state index in [9.17, 15) is 4.39 Å². The van der Waals surface area contributed by atoms with Crippen molar-refractivity contribution in [3.05, 3.63) is 64.9 Å². The monoisotopic (exact) mass is 440 g/mol. The summed E-state index contributed by atoms with van der Waals surface area (Å²) in [7, 11) is 1.54. The van der Waals surface area contributed by atoms with Crippen molar-refractivity contribution in [2.75, 3.05) is 12.4 Å². The zero-order valence-corrected chi connectivity index (χ0v) is 18.3. The van der Waals surface area contributed by atoms with Gasteiger partial charge in [0.2, 0.25) is 17.7 Å². The summed E-state index contributed by atoms with van der Waals surface area (Å²) >= 11 is 5.86. The number of hydrogen-bond donors (Lipinski definition) is 2.